The summed E-state index contributed by atoms with van der Waals surface area (Å²) < 4.78 is 12.5. The summed E-state index contributed by atoms with van der Waals surface area (Å²) in [6.45, 7) is 8.10. The predicted molar refractivity (Wildman–Crippen MR) is 135 cm³/mol. The lowest BCUT2D eigenvalue weighted by Gasteiger charge is -2.19. The molecule has 2 nitrogen and oxygen atoms in total. The maximum absolute atomic E-state index is 6.34. The Bertz CT molecular complexity index is 1480. The summed E-state index contributed by atoms with van der Waals surface area (Å²) >= 11 is 0. The lowest BCUT2D eigenvalue weighted by molar-refractivity contribution is 0.173. The molecular weight excluding hydrogens is 391 g/mol. The highest BCUT2D eigenvalue weighted by Crippen LogP contribution is 2.38. The third-order valence-corrected chi connectivity index (χ3v) is 6.57. The molecule has 1 saturated heterocycles. The van der Waals surface area contributed by atoms with Crippen LogP contribution in [-0.4, -0.2) is 12.7 Å². The van der Waals surface area contributed by atoms with Crippen LogP contribution in [-0.2, 0) is 9.31 Å². The Morgan fingerprint density at radius 2 is 1.25 bits per heavy atom. The minimum atomic E-state index is -0.524. The molecule has 0 aliphatic carbocycles. The fourth-order valence-electron chi connectivity index (χ4n) is 4.82. The average Bonchev–Trinajstić information content (AvgIpc) is 3.08. The van der Waals surface area contributed by atoms with Crippen LogP contribution in [0.25, 0.3) is 43.4 Å². The van der Waals surface area contributed by atoms with E-state index in [0.717, 1.165) is 16.2 Å². The van der Waals surface area contributed by atoms with Gasteiger partial charge in [0.05, 0.1) is 5.76 Å². The molecular formula is C29H23BO2. The molecule has 5 aromatic carbocycles. The number of hydrogen-bond acceptors (Lipinski definition) is 2. The highest BCUT2D eigenvalue weighted by atomic mass is 16.7. The van der Waals surface area contributed by atoms with Gasteiger partial charge in [0.15, 0.2) is 0 Å². The molecule has 0 N–H and O–H groups in total. The van der Waals surface area contributed by atoms with Gasteiger partial charge in [0.1, 0.15) is 5.60 Å². The van der Waals surface area contributed by atoms with Crippen LogP contribution in [0.15, 0.2) is 103 Å². The summed E-state index contributed by atoms with van der Waals surface area (Å²) in [7, 11) is -0.488. The third kappa shape index (κ3) is 2.85. The van der Waals surface area contributed by atoms with Gasteiger partial charge in [-0.3, -0.25) is 0 Å². The van der Waals surface area contributed by atoms with Gasteiger partial charge in [-0.1, -0.05) is 91.5 Å². The fraction of sp³-hybridized carbons (Fsp3) is 0.103. The third-order valence-electron chi connectivity index (χ3n) is 6.57. The molecule has 0 aromatic heterocycles. The quantitative estimate of drug-likeness (QED) is 0.232. The Balaban J connectivity index is 1.70. The molecule has 0 amide bonds. The second-order valence-corrected chi connectivity index (χ2v) is 8.94. The van der Waals surface area contributed by atoms with Gasteiger partial charge in [-0.05, 0) is 63.4 Å². The van der Waals surface area contributed by atoms with E-state index in [-0.39, 0.29) is 0 Å². The van der Waals surface area contributed by atoms with Gasteiger partial charge in [-0.15, -0.1) is 0 Å². The van der Waals surface area contributed by atoms with Crippen molar-refractivity contribution in [3.05, 3.63) is 103 Å². The minimum Gasteiger partial charge on any atom is -0.534 e. The van der Waals surface area contributed by atoms with Gasteiger partial charge in [-0.25, -0.2) is 0 Å². The van der Waals surface area contributed by atoms with E-state index >= 15 is 0 Å². The predicted octanol–water partition coefficient (Wildman–Crippen LogP) is 6.85. The molecule has 0 atom stereocenters. The van der Waals surface area contributed by atoms with E-state index in [4.69, 9.17) is 9.31 Å². The van der Waals surface area contributed by atoms with E-state index in [2.05, 4.69) is 97.6 Å². The lowest BCUT2D eigenvalue weighted by atomic mass is 9.71. The normalized spacial score (nSPS) is 15.6. The molecule has 5 aromatic rings. The van der Waals surface area contributed by atoms with Crippen molar-refractivity contribution in [1.29, 1.82) is 0 Å². The highest BCUT2D eigenvalue weighted by Gasteiger charge is 2.44. The second-order valence-electron chi connectivity index (χ2n) is 8.94. The van der Waals surface area contributed by atoms with Gasteiger partial charge in [0.2, 0.25) is 0 Å². The minimum absolute atomic E-state index is 0.488. The molecule has 154 valence electrons. The van der Waals surface area contributed by atoms with Crippen molar-refractivity contribution in [3.8, 4) is 11.1 Å². The van der Waals surface area contributed by atoms with E-state index in [1.54, 1.807) is 0 Å². The summed E-state index contributed by atoms with van der Waals surface area (Å²) in [5.41, 5.74) is 2.99. The highest BCUT2D eigenvalue weighted by molar-refractivity contribution is 6.69. The molecule has 0 spiro atoms. The van der Waals surface area contributed by atoms with Gasteiger partial charge < -0.3 is 9.31 Å². The Hall–Kier alpha value is -3.56. The van der Waals surface area contributed by atoms with Crippen LogP contribution in [0.3, 0.4) is 0 Å². The molecule has 32 heavy (non-hydrogen) atoms. The molecule has 1 heterocycles. The SMILES string of the molecule is C=C1OB(c2c3ccccc3c(-c3ccc4ccccc4c3)c3ccccc23)OC1(C)C. The first-order valence-corrected chi connectivity index (χ1v) is 11.0. The zero-order valence-electron chi connectivity index (χ0n) is 18.3. The molecule has 6 rings (SSSR count). The Labute approximate surface area is 188 Å². The summed E-state index contributed by atoms with van der Waals surface area (Å²) in [5, 5.41) is 7.16. The van der Waals surface area contributed by atoms with Crippen molar-refractivity contribution in [3.63, 3.8) is 0 Å². The van der Waals surface area contributed by atoms with Crippen molar-refractivity contribution in [2.45, 2.75) is 19.4 Å². The Morgan fingerprint density at radius 1 is 0.688 bits per heavy atom. The van der Waals surface area contributed by atoms with Crippen LogP contribution in [0.2, 0.25) is 0 Å². The first-order valence-electron chi connectivity index (χ1n) is 11.0. The van der Waals surface area contributed by atoms with E-state index in [9.17, 15) is 0 Å². The van der Waals surface area contributed by atoms with Crippen molar-refractivity contribution < 1.29 is 9.31 Å². The maximum Gasteiger partial charge on any atom is 0.564 e. The average molecular weight is 414 g/mol. The van der Waals surface area contributed by atoms with Gasteiger partial charge in [0.25, 0.3) is 0 Å². The summed E-state index contributed by atoms with van der Waals surface area (Å²) in [6, 6.07) is 32.3. The molecule has 1 aliphatic rings. The molecule has 0 bridgehead atoms. The maximum atomic E-state index is 6.34. The first-order chi connectivity index (χ1) is 15.5. The molecule has 3 heteroatoms. The number of fused-ring (bicyclic) bond motifs is 3. The largest absolute Gasteiger partial charge is 0.564 e. The monoisotopic (exact) mass is 414 g/mol. The number of hydrogen-bond donors (Lipinski definition) is 0. The van der Waals surface area contributed by atoms with Crippen LogP contribution < -0.4 is 5.46 Å². The van der Waals surface area contributed by atoms with Crippen LogP contribution in [0.5, 0.6) is 0 Å². The smallest absolute Gasteiger partial charge is 0.534 e. The van der Waals surface area contributed by atoms with E-state index in [1.807, 2.05) is 13.8 Å². The van der Waals surface area contributed by atoms with Crippen LogP contribution in [0.1, 0.15) is 13.8 Å². The van der Waals surface area contributed by atoms with E-state index in [1.165, 1.54) is 32.7 Å². The molecule has 0 saturated carbocycles. The van der Waals surface area contributed by atoms with E-state index < -0.39 is 12.7 Å². The standard InChI is InChI=1S/C29H23BO2/c1-19-29(2,3)32-30(31-19)28-25-14-8-6-12-23(25)27(24-13-7-9-15-26(24)28)22-17-16-20-10-4-5-11-21(20)18-22/h4-18H,1H2,2-3H3. The van der Waals surface area contributed by atoms with Crippen LogP contribution in [0.4, 0.5) is 0 Å². The zero-order valence-corrected chi connectivity index (χ0v) is 18.3. The lowest BCUT2D eigenvalue weighted by Crippen LogP contribution is -2.35. The molecule has 1 aliphatic heterocycles. The van der Waals surface area contributed by atoms with Crippen molar-refractivity contribution in [2.24, 2.45) is 0 Å². The number of benzene rings is 5. The molecule has 0 unspecified atom stereocenters. The summed E-state index contributed by atoms with van der Waals surface area (Å²) in [6.07, 6.45) is 0. The first kappa shape index (κ1) is 19.2. The Morgan fingerprint density at radius 3 is 1.84 bits per heavy atom. The van der Waals surface area contributed by atoms with Gasteiger partial charge in [0, 0.05) is 5.46 Å². The number of rotatable bonds is 2. The second kappa shape index (κ2) is 6.98. The van der Waals surface area contributed by atoms with Gasteiger partial charge in [-0.2, -0.15) is 0 Å². The fourth-order valence-corrected chi connectivity index (χ4v) is 4.82. The summed E-state index contributed by atoms with van der Waals surface area (Å²) in [5.74, 6) is 0.661. The Kier molecular flexibility index (Phi) is 4.18. The van der Waals surface area contributed by atoms with E-state index in [0.29, 0.717) is 5.76 Å². The van der Waals surface area contributed by atoms with Crippen LogP contribution in [0, 0.1) is 0 Å². The van der Waals surface area contributed by atoms with Crippen LogP contribution >= 0.6 is 0 Å². The summed E-state index contributed by atoms with van der Waals surface area (Å²) in [4.78, 5) is 0. The van der Waals surface area contributed by atoms with Crippen molar-refractivity contribution in [1.82, 2.24) is 0 Å². The van der Waals surface area contributed by atoms with Crippen molar-refractivity contribution >= 4 is 44.9 Å². The van der Waals surface area contributed by atoms with Gasteiger partial charge >= 0.3 is 7.12 Å². The molecule has 0 radical (unpaired) electrons. The topological polar surface area (TPSA) is 18.5 Å². The van der Waals surface area contributed by atoms with Crippen molar-refractivity contribution in [2.75, 3.05) is 0 Å². The zero-order chi connectivity index (χ0) is 21.9. The molecule has 1 fully saturated rings.